The molecular formula is C34H51F2NO2S. The number of hydrogen-bond donors (Lipinski definition) is 1. The SMILES string of the molecule is CCCCc1ccc(CC[S+]([O-])[C@@H](C)C2CCCC=C=C([C@H]3CC[C@@H](CC(F)F)CC3)NC(=O)CCC2)c(C)c1. The molecule has 1 aliphatic heterocycles. The average Bonchev–Trinajstić information content (AvgIpc) is 2.92. The summed E-state index contributed by atoms with van der Waals surface area (Å²) in [5.41, 5.74) is 8.21. The molecule has 1 heterocycles. The molecule has 0 saturated heterocycles. The molecule has 0 bridgehead atoms. The highest BCUT2D eigenvalue weighted by molar-refractivity contribution is 7.92. The second-order valence-electron chi connectivity index (χ2n) is 12.1. The summed E-state index contributed by atoms with van der Waals surface area (Å²) in [6, 6.07) is 6.75. The van der Waals surface area contributed by atoms with Crippen molar-refractivity contribution in [1.29, 1.82) is 0 Å². The van der Waals surface area contributed by atoms with Crippen molar-refractivity contribution >= 4 is 17.1 Å². The molecular weight excluding hydrogens is 524 g/mol. The van der Waals surface area contributed by atoms with Crippen LogP contribution < -0.4 is 5.32 Å². The Labute approximate surface area is 244 Å². The summed E-state index contributed by atoms with van der Waals surface area (Å²) in [7, 11) is 0. The molecule has 224 valence electrons. The third-order valence-corrected chi connectivity index (χ3v) is 10.9. The van der Waals surface area contributed by atoms with Gasteiger partial charge in [0.25, 0.3) is 0 Å². The smallest absolute Gasteiger partial charge is 0.238 e. The van der Waals surface area contributed by atoms with Crippen molar-refractivity contribution in [2.45, 2.75) is 129 Å². The molecule has 3 nitrogen and oxygen atoms in total. The Balaban J connectivity index is 1.53. The molecule has 2 unspecified atom stereocenters. The quantitative estimate of drug-likeness (QED) is 0.212. The Morgan fingerprint density at radius 2 is 1.85 bits per heavy atom. The predicted octanol–water partition coefficient (Wildman–Crippen LogP) is 8.60. The molecule has 6 heteroatoms. The zero-order valence-corrected chi connectivity index (χ0v) is 25.8. The summed E-state index contributed by atoms with van der Waals surface area (Å²) in [5.74, 6) is 1.32. The highest BCUT2D eigenvalue weighted by Gasteiger charge is 2.29. The van der Waals surface area contributed by atoms with Crippen LogP contribution in [0.25, 0.3) is 0 Å². The van der Waals surface area contributed by atoms with Gasteiger partial charge in [0.2, 0.25) is 12.3 Å². The van der Waals surface area contributed by atoms with Crippen LogP contribution in [-0.2, 0) is 28.8 Å². The van der Waals surface area contributed by atoms with Crippen molar-refractivity contribution < 1.29 is 18.1 Å². The Kier molecular flexibility index (Phi) is 14.3. The Morgan fingerprint density at radius 3 is 2.55 bits per heavy atom. The van der Waals surface area contributed by atoms with Crippen molar-refractivity contribution in [3.63, 3.8) is 0 Å². The number of halogens is 2. The van der Waals surface area contributed by atoms with Crippen LogP contribution in [0.2, 0.25) is 0 Å². The number of aryl methyl sites for hydroxylation is 3. The van der Waals surface area contributed by atoms with E-state index in [0.29, 0.717) is 18.1 Å². The summed E-state index contributed by atoms with van der Waals surface area (Å²) in [6.07, 6.45) is 12.5. The molecule has 3 atom stereocenters. The van der Waals surface area contributed by atoms with Gasteiger partial charge >= 0.3 is 0 Å². The van der Waals surface area contributed by atoms with Crippen molar-refractivity contribution in [2.24, 2.45) is 17.8 Å². The molecule has 1 N–H and O–H groups in total. The van der Waals surface area contributed by atoms with Crippen LogP contribution in [0.1, 0.15) is 114 Å². The maximum atomic E-state index is 13.3. The summed E-state index contributed by atoms with van der Waals surface area (Å²) in [6.45, 7) is 6.52. The topological polar surface area (TPSA) is 52.2 Å². The van der Waals surface area contributed by atoms with E-state index >= 15 is 0 Å². The van der Waals surface area contributed by atoms with Gasteiger partial charge < -0.3 is 9.87 Å². The first-order valence-corrected chi connectivity index (χ1v) is 17.1. The normalized spacial score (nSPS) is 24.5. The van der Waals surface area contributed by atoms with E-state index in [1.807, 2.05) is 6.08 Å². The van der Waals surface area contributed by atoms with Gasteiger partial charge in [0, 0.05) is 31.1 Å². The third-order valence-electron chi connectivity index (χ3n) is 9.08. The molecule has 1 amide bonds. The van der Waals surface area contributed by atoms with Gasteiger partial charge in [-0.3, -0.25) is 4.79 Å². The number of benzene rings is 1. The number of amides is 1. The minimum atomic E-state index is -2.23. The van der Waals surface area contributed by atoms with E-state index in [0.717, 1.165) is 76.3 Å². The lowest BCUT2D eigenvalue weighted by Gasteiger charge is -2.29. The maximum Gasteiger partial charge on any atom is 0.238 e. The standard InChI is InChI=1S/C34H51F2NO2S/c1-4-5-10-27-15-18-29(25(2)23-27)21-22-40(39)26(3)30-11-7-6-8-13-32(37-34(38)14-9-12-30)31-19-16-28(17-20-31)24-33(35)36/h8,15,18,23,26,28,30-31,33H,4-7,9-12,14,16-17,19-22,24H2,1-3H3,(H,37,38)/t13?,26-,28-,30?,31+,40?/m0/s1. The first-order valence-electron chi connectivity index (χ1n) is 15.7. The second kappa shape index (κ2) is 17.4. The van der Waals surface area contributed by atoms with Crippen molar-refractivity contribution in [1.82, 2.24) is 5.32 Å². The molecule has 1 aromatic rings. The van der Waals surface area contributed by atoms with Crippen LogP contribution in [-0.4, -0.2) is 27.9 Å². The van der Waals surface area contributed by atoms with Gasteiger partial charge in [-0.1, -0.05) is 42.7 Å². The first-order chi connectivity index (χ1) is 19.3. The van der Waals surface area contributed by atoms with Crippen LogP contribution in [0.5, 0.6) is 0 Å². The molecule has 3 rings (SSSR count). The summed E-state index contributed by atoms with van der Waals surface area (Å²) in [5, 5.41) is 3.22. The molecule has 0 spiro atoms. The largest absolute Gasteiger partial charge is 0.616 e. The minimum absolute atomic E-state index is 0.00972. The molecule has 0 aromatic heterocycles. The van der Waals surface area contributed by atoms with E-state index in [1.165, 1.54) is 29.5 Å². The maximum absolute atomic E-state index is 13.3. The van der Waals surface area contributed by atoms with Gasteiger partial charge in [-0.25, -0.2) is 8.78 Å². The molecule has 2 aliphatic rings. The lowest BCUT2D eigenvalue weighted by Crippen LogP contribution is -2.31. The zero-order chi connectivity index (χ0) is 28.9. The second-order valence-corrected chi connectivity index (χ2v) is 14.1. The number of alkyl halides is 2. The summed E-state index contributed by atoms with van der Waals surface area (Å²) in [4.78, 5) is 12.8. The summed E-state index contributed by atoms with van der Waals surface area (Å²) < 4.78 is 38.9. The molecule has 1 fully saturated rings. The lowest BCUT2D eigenvalue weighted by atomic mass is 9.79. The number of carbonyl (C=O) groups is 1. The van der Waals surface area contributed by atoms with Crippen LogP contribution in [0.15, 0.2) is 35.7 Å². The minimum Gasteiger partial charge on any atom is -0.616 e. The first kappa shape index (κ1) is 32.9. The van der Waals surface area contributed by atoms with E-state index in [-0.39, 0.29) is 29.4 Å². The fourth-order valence-electron chi connectivity index (χ4n) is 6.40. The molecule has 1 saturated carbocycles. The fraction of sp³-hybridized carbons (Fsp3) is 0.706. The summed E-state index contributed by atoms with van der Waals surface area (Å²) >= 11 is -0.915. The molecule has 40 heavy (non-hydrogen) atoms. The number of allylic oxidation sites excluding steroid dienone is 1. The van der Waals surface area contributed by atoms with Gasteiger partial charge in [0.05, 0.1) is 5.70 Å². The predicted molar refractivity (Wildman–Crippen MR) is 163 cm³/mol. The average molecular weight is 576 g/mol. The van der Waals surface area contributed by atoms with Crippen LogP contribution in [0.3, 0.4) is 0 Å². The van der Waals surface area contributed by atoms with E-state index in [9.17, 15) is 18.1 Å². The number of nitrogens with one attached hydrogen (secondary N) is 1. The zero-order valence-electron chi connectivity index (χ0n) is 25.0. The third kappa shape index (κ3) is 11.0. The highest BCUT2D eigenvalue weighted by atomic mass is 32.2. The van der Waals surface area contributed by atoms with Gasteiger partial charge in [0.15, 0.2) is 0 Å². The van der Waals surface area contributed by atoms with E-state index in [2.05, 4.69) is 50.0 Å². The number of rotatable bonds is 11. The Hall–Kier alpha value is -1.62. The van der Waals surface area contributed by atoms with Crippen LogP contribution in [0, 0.1) is 24.7 Å². The number of hydrogen-bond acceptors (Lipinski definition) is 2. The number of unbranched alkanes of at least 4 members (excludes halogenated alkanes) is 1. The van der Waals surface area contributed by atoms with Crippen LogP contribution >= 0.6 is 0 Å². The fourth-order valence-corrected chi connectivity index (χ4v) is 7.89. The van der Waals surface area contributed by atoms with Crippen molar-refractivity contribution in [2.75, 3.05) is 5.75 Å². The van der Waals surface area contributed by atoms with E-state index in [4.69, 9.17) is 0 Å². The number of carbonyl (C=O) groups excluding carboxylic acids is 1. The monoisotopic (exact) mass is 575 g/mol. The lowest BCUT2D eigenvalue weighted by molar-refractivity contribution is -0.120. The van der Waals surface area contributed by atoms with Gasteiger partial charge in [-0.15, -0.1) is 5.73 Å². The van der Waals surface area contributed by atoms with E-state index < -0.39 is 17.6 Å². The molecule has 1 aromatic carbocycles. The van der Waals surface area contributed by atoms with Crippen LogP contribution in [0.4, 0.5) is 8.78 Å². The van der Waals surface area contributed by atoms with Gasteiger partial charge in [-0.2, -0.15) is 0 Å². The Morgan fingerprint density at radius 1 is 1.10 bits per heavy atom. The van der Waals surface area contributed by atoms with E-state index in [1.54, 1.807) is 0 Å². The van der Waals surface area contributed by atoms with Gasteiger partial charge in [-0.05, 0) is 113 Å². The molecule has 1 aliphatic carbocycles. The van der Waals surface area contributed by atoms with Crippen molar-refractivity contribution in [3.05, 3.63) is 52.4 Å². The molecule has 0 radical (unpaired) electrons. The van der Waals surface area contributed by atoms with Gasteiger partial charge in [0.1, 0.15) is 11.0 Å². The Bertz CT molecular complexity index is 982. The highest BCUT2D eigenvalue weighted by Crippen LogP contribution is 2.35. The van der Waals surface area contributed by atoms with Crippen molar-refractivity contribution in [3.8, 4) is 0 Å².